The van der Waals surface area contributed by atoms with Crippen LogP contribution in [-0.2, 0) is 11.3 Å². The zero-order chi connectivity index (χ0) is 17.9. The van der Waals surface area contributed by atoms with Gasteiger partial charge in [0.15, 0.2) is 29.2 Å². The molecule has 6 nitrogen and oxygen atoms in total. The molecule has 0 amide bonds. The van der Waals surface area contributed by atoms with E-state index in [0.29, 0.717) is 12.6 Å². The number of aromatic nitrogens is 2. The Morgan fingerprint density at radius 2 is 2.12 bits per heavy atom. The molecular weight excluding hydrogens is 346 g/mol. The molecule has 1 saturated carbocycles. The number of hydrogen-bond donors (Lipinski definition) is 2. The molecule has 1 fully saturated rings. The first-order chi connectivity index (χ1) is 12.8. The molecule has 1 aliphatic carbocycles. The van der Waals surface area contributed by atoms with Crippen molar-refractivity contribution in [1.29, 1.82) is 0 Å². The van der Waals surface area contributed by atoms with Crippen LogP contribution in [0.3, 0.4) is 0 Å². The van der Waals surface area contributed by atoms with Crippen LogP contribution < -0.4 is 15.5 Å². The van der Waals surface area contributed by atoms with Gasteiger partial charge in [-0.2, -0.15) is 0 Å². The zero-order valence-electron chi connectivity index (χ0n) is 14.8. The molecule has 2 aromatic rings. The van der Waals surface area contributed by atoms with Gasteiger partial charge in [0, 0.05) is 18.3 Å². The van der Waals surface area contributed by atoms with E-state index < -0.39 is 6.17 Å². The minimum atomic E-state index is -0.425. The third-order valence-electron chi connectivity index (χ3n) is 4.45. The molecule has 7 heteroatoms. The van der Waals surface area contributed by atoms with Crippen LogP contribution in [0.4, 0.5) is 17.3 Å². The van der Waals surface area contributed by atoms with Gasteiger partial charge in [-0.05, 0) is 24.8 Å². The van der Waals surface area contributed by atoms with Crippen molar-refractivity contribution >= 4 is 35.4 Å². The molecule has 2 aliphatic rings. The van der Waals surface area contributed by atoms with Gasteiger partial charge in [-0.15, -0.1) is 0 Å². The van der Waals surface area contributed by atoms with Crippen molar-refractivity contribution in [3.63, 3.8) is 0 Å². The van der Waals surface area contributed by atoms with Crippen LogP contribution >= 0.6 is 11.8 Å². The summed E-state index contributed by atoms with van der Waals surface area (Å²) < 4.78 is 0. The van der Waals surface area contributed by atoms with E-state index in [4.69, 9.17) is 9.97 Å². The maximum atomic E-state index is 11.7. The van der Waals surface area contributed by atoms with Gasteiger partial charge in [-0.1, -0.05) is 49.0 Å². The first kappa shape index (κ1) is 17.1. The molecule has 1 aliphatic heterocycles. The van der Waals surface area contributed by atoms with E-state index in [2.05, 4.69) is 29.7 Å². The lowest BCUT2D eigenvalue weighted by Crippen LogP contribution is -2.36. The van der Waals surface area contributed by atoms with Gasteiger partial charge in [-0.25, -0.2) is 9.97 Å². The number of hydrogen-bond acceptors (Lipinski definition) is 7. The molecule has 0 radical (unpaired) electrons. The maximum Gasteiger partial charge on any atom is 0.191 e. The Bertz CT molecular complexity index is 781. The van der Waals surface area contributed by atoms with Crippen molar-refractivity contribution in [2.75, 3.05) is 21.3 Å². The molecule has 1 unspecified atom stereocenters. The highest BCUT2D eigenvalue weighted by atomic mass is 32.2. The number of nitrogens with one attached hydrogen (secondary N) is 2. The average Bonchev–Trinajstić information content (AvgIpc) is 3.42. The summed E-state index contributed by atoms with van der Waals surface area (Å²) in [4.78, 5) is 23.2. The van der Waals surface area contributed by atoms with Gasteiger partial charge in [0.25, 0.3) is 0 Å². The molecular formula is C19H23N5OS. The van der Waals surface area contributed by atoms with E-state index in [-0.39, 0.29) is 0 Å². The fourth-order valence-corrected chi connectivity index (χ4v) is 3.66. The number of aldehydes is 1. The summed E-state index contributed by atoms with van der Waals surface area (Å²) in [7, 11) is 0. The second-order valence-electron chi connectivity index (χ2n) is 6.66. The molecule has 2 N–H and O–H groups in total. The lowest BCUT2D eigenvalue weighted by atomic mass is 10.2. The summed E-state index contributed by atoms with van der Waals surface area (Å²) in [6, 6.07) is 10.6. The summed E-state index contributed by atoms with van der Waals surface area (Å²) in [5.74, 6) is 2.60. The number of nitrogens with zero attached hydrogens (tertiary/aromatic N) is 3. The number of carbonyl (C=O) groups is 1. The Balaban J connectivity index is 1.69. The Morgan fingerprint density at radius 3 is 2.81 bits per heavy atom. The van der Waals surface area contributed by atoms with Crippen molar-refractivity contribution < 1.29 is 4.79 Å². The van der Waals surface area contributed by atoms with Crippen LogP contribution in [0.15, 0.2) is 35.5 Å². The number of rotatable bonds is 8. The van der Waals surface area contributed by atoms with E-state index in [1.54, 1.807) is 11.8 Å². The number of fused-ring (bicyclic) bond motifs is 1. The SMILES string of the molecule is CCCSc1nc(NC2CC2)c2c(n1)N(Cc1ccccc1)C(C=O)N2. The smallest absolute Gasteiger partial charge is 0.191 e. The summed E-state index contributed by atoms with van der Waals surface area (Å²) >= 11 is 1.66. The highest BCUT2D eigenvalue weighted by Gasteiger charge is 2.34. The Morgan fingerprint density at radius 1 is 1.31 bits per heavy atom. The third kappa shape index (κ3) is 3.62. The van der Waals surface area contributed by atoms with Crippen molar-refractivity contribution in [3.8, 4) is 0 Å². The quantitative estimate of drug-likeness (QED) is 0.419. The Labute approximate surface area is 157 Å². The van der Waals surface area contributed by atoms with Gasteiger partial charge in [0.2, 0.25) is 0 Å². The zero-order valence-corrected chi connectivity index (χ0v) is 15.6. The number of thioether (sulfide) groups is 1. The molecule has 1 aromatic heterocycles. The fraction of sp³-hybridized carbons (Fsp3) is 0.421. The van der Waals surface area contributed by atoms with Crippen LogP contribution in [0.5, 0.6) is 0 Å². The van der Waals surface area contributed by atoms with Gasteiger partial charge in [0.1, 0.15) is 5.69 Å². The second kappa shape index (κ2) is 7.53. The molecule has 1 atom stereocenters. The molecule has 1 aromatic carbocycles. The highest BCUT2D eigenvalue weighted by Crippen LogP contribution is 2.41. The summed E-state index contributed by atoms with van der Waals surface area (Å²) in [5.41, 5.74) is 1.98. The first-order valence-electron chi connectivity index (χ1n) is 9.12. The van der Waals surface area contributed by atoms with Crippen molar-refractivity contribution in [2.24, 2.45) is 0 Å². The lowest BCUT2D eigenvalue weighted by Gasteiger charge is -2.22. The molecule has 0 saturated heterocycles. The lowest BCUT2D eigenvalue weighted by molar-refractivity contribution is -0.108. The van der Waals surface area contributed by atoms with Crippen molar-refractivity contribution in [1.82, 2.24) is 9.97 Å². The number of benzene rings is 1. The van der Waals surface area contributed by atoms with E-state index >= 15 is 0 Å². The maximum absolute atomic E-state index is 11.7. The Hall–Kier alpha value is -2.28. The molecule has 0 spiro atoms. The summed E-state index contributed by atoms with van der Waals surface area (Å²) in [6.07, 6.45) is 3.91. The normalized spacial score (nSPS) is 18.3. The minimum absolute atomic E-state index is 0.425. The predicted molar refractivity (Wildman–Crippen MR) is 106 cm³/mol. The number of carbonyl (C=O) groups excluding carboxylic acids is 1. The fourth-order valence-electron chi connectivity index (χ4n) is 2.97. The van der Waals surface area contributed by atoms with Gasteiger partial charge < -0.3 is 15.5 Å². The number of anilines is 3. The monoisotopic (exact) mass is 369 g/mol. The second-order valence-corrected chi connectivity index (χ2v) is 7.72. The largest absolute Gasteiger partial charge is 0.365 e. The minimum Gasteiger partial charge on any atom is -0.365 e. The molecule has 4 rings (SSSR count). The van der Waals surface area contributed by atoms with Gasteiger partial charge in [0.05, 0.1) is 0 Å². The topological polar surface area (TPSA) is 70.2 Å². The summed E-state index contributed by atoms with van der Waals surface area (Å²) in [5, 5.41) is 7.56. The van der Waals surface area contributed by atoms with Crippen molar-refractivity contribution in [3.05, 3.63) is 35.9 Å². The third-order valence-corrected chi connectivity index (χ3v) is 5.50. The highest BCUT2D eigenvalue weighted by molar-refractivity contribution is 7.99. The average molecular weight is 369 g/mol. The van der Waals surface area contributed by atoms with Crippen LogP contribution in [0.1, 0.15) is 31.7 Å². The van der Waals surface area contributed by atoms with Crippen LogP contribution in [0, 0.1) is 0 Å². The van der Waals surface area contributed by atoms with Crippen molar-refractivity contribution in [2.45, 2.75) is 50.1 Å². The van der Waals surface area contributed by atoms with E-state index in [0.717, 1.165) is 46.5 Å². The predicted octanol–water partition coefficient (Wildman–Crippen LogP) is 3.51. The molecule has 136 valence electrons. The standard InChI is InChI=1S/C19H23N5OS/c1-2-10-26-19-22-17(20-14-8-9-14)16-18(23-19)24(15(12-25)21-16)11-13-6-4-3-5-7-13/h3-7,12,14-15,21H,2,8-11H2,1H3,(H,20,22,23). The molecule has 0 bridgehead atoms. The van der Waals surface area contributed by atoms with E-state index in [1.165, 1.54) is 12.8 Å². The molecule has 26 heavy (non-hydrogen) atoms. The van der Waals surface area contributed by atoms with Crippen LogP contribution in [0.25, 0.3) is 0 Å². The van der Waals surface area contributed by atoms with E-state index in [9.17, 15) is 4.79 Å². The van der Waals surface area contributed by atoms with Crippen LogP contribution in [0.2, 0.25) is 0 Å². The molecule has 2 heterocycles. The van der Waals surface area contributed by atoms with Gasteiger partial charge in [-0.3, -0.25) is 4.79 Å². The van der Waals surface area contributed by atoms with Gasteiger partial charge >= 0.3 is 0 Å². The first-order valence-corrected chi connectivity index (χ1v) is 10.1. The summed E-state index contributed by atoms with van der Waals surface area (Å²) in [6.45, 7) is 2.78. The van der Waals surface area contributed by atoms with E-state index in [1.807, 2.05) is 23.1 Å². The van der Waals surface area contributed by atoms with Crippen LogP contribution in [-0.4, -0.2) is 34.2 Å². The Kier molecular flexibility index (Phi) is 4.97.